The van der Waals surface area contributed by atoms with Gasteiger partial charge in [-0.1, -0.05) is 5.16 Å². The summed E-state index contributed by atoms with van der Waals surface area (Å²) in [6.45, 7) is 3.94. The Balaban J connectivity index is 2.64. The van der Waals surface area contributed by atoms with Crippen LogP contribution in [-0.2, 0) is 14.7 Å². The highest BCUT2D eigenvalue weighted by molar-refractivity contribution is 7.90. The molecule has 0 aliphatic heterocycles. The topological polar surface area (TPSA) is 123 Å². The van der Waals surface area contributed by atoms with E-state index in [-0.39, 0.29) is 16.4 Å². The molecule has 2 aromatic heterocycles. The zero-order chi connectivity index (χ0) is 16.3. The van der Waals surface area contributed by atoms with Crippen molar-refractivity contribution in [2.75, 3.05) is 12.9 Å². The van der Waals surface area contributed by atoms with Crippen molar-refractivity contribution in [1.82, 2.24) is 15.2 Å². The van der Waals surface area contributed by atoms with Crippen molar-refractivity contribution in [3.05, 3.63) is 29.6 Å². The predicted octanol–water partition coefficient (Wildman–Crippen LogP) is 0.840. The van der Waals surface area contributed by atoms with Crippen molar-refractivity contribution in [2.45, 2.75) is 18.7 Å². The van der Waals surface area contributed by atoms with Crippen molar-refractivity contribution in [1.29, 1.82) is 0 Å². The van der Waals surface area contributed by atoms with Crippen LogP contribution < -0.4 is 5.73 Å². The Morgan fingerprint density at radius 2 is 2.14 bits per heavy atom. The number of pyridine rings is 1. The van der Waals surface area contributed by atoms with Gasteiger partial charge in [-0.05, 0) is 31.5 Å². The Labute approximate surface area is 128 Å². The van der Waals surface area contributed by atoms with E-state index < -0.39 is 9.84 Å². The fourth-order valence-electron chi connectivity index (χ4n) is 1.83. The van der Waals surface area contributed by atoms with Gasteiger partial charge in [0.1, 0.15) is 23.7 Å². The van der Waals surface area contributed by atoms with E-state index in [9.17, 15) is 8.42 Å². The Kier molecular flexibility index (Phi) is 4.45. The fourth-order valence-corrected chi connectivity index (χ4v) is 2.64. The Bertz CT molecular complexity index is 811. The van der Waals surface area contributed by atoms with Crippen LogP contribution in [0.3, 0.4) is 0 Å². The number of hydrogen-bond donors (Lipinski definition) is 2. The number of aromatic nitrogens is 3. The van der Waals surface area contributed by atoms with E-state index >= 15 is 0 Å². The molecule has 0 saturated carbocycles. The van der Waals surface area contributed by atoms with E-state index in [0.29, 0.717) is 18.0 Å². The van der Waals surface area contributed by atoms with Crippen LogP contribution in [-0.4, -0.2) is 42.3 Å². The van der Waals surface area contributed by atoms with Crippen LogP contribution in [0.5, 0.6) is 0 Å². The third-order valence-electron chi connectivity index (χ3n) is 2.87. The van der Waals surface area contributed by atoms with E-state index in [2.05, 4.69) is 20.3 Å². The molecule has 8 nitrogen and oxygen atoms in total. The summed E-state index contributed by atoms with van der Waals surface area (Å²) in [6.07, 6.45) is 2.78. The maximum absolute atomic E-state index is 11.9. The van der Waals surface area contributed by atoms with Gasteiger partial charge in [-0.25, -0.2) is 13.4 Å². The number of nitrogens with zero attached hydrogens (tertiary/aromatic N) is 3. The Morgan fingerprint density at radius 3 is 2.68 bits per heavy atom. The molecular weight excluding hydrogens is 306 g/mol. The van der Waals surface area contributed by atoms with E-state index in [4.69, 9.17) is 10.6 Å². The number of oxime groups is 1. The van der Waals surface area contributed by atoms with Gasteiger partial charge in [0.25, 0.3) is 0 Å². The van der Waals surface area contributed by atoms with Crippen molar-refractivity contribution in [3.8, 4) is 11.4 Å². The van der Waals surface area contributed by atoms with E-state index in [1.807, 2.05) is 0 Å². The largest absolute Gasteiger partial charge is 0.394 e. The number of rotatable bonds is 5. The van der Waals surface area contributed by atoms with Crippen molar-refractivity contribution in [2.24, 2.45) is 10.9 Å². The van der Waals surface area contributed by atoms with Crippen LogP contribution >= 0.6 is 0 Å². The van der Waals surface area contributed by atoms with Crippen LogP contribution in [0.1, 0.15) is 18.2 Å². The molecule has 0 fully saturated rings. The minimum atomic E-state index is -3.46. The molecular formula is C13H17N5O3S. The molecule has 0 spiro atoms. The van der Waals surface area contributed by atoms with Crippen LogP contribution in [0, 0.1) is 6.92 Å². The second kappa shape index (κ2) is 6.14. The molecule has 2 aromatic rings. The molecule has 0 saturated heterocycles. The van der Waals surface area contributed by atoms with Crippen molar-refractivity contribution in [3.63, 3.8) is 0 Å². The summed E-state index contributed by atoms with van der Waals surface area (Å²) in [5, 5.41) is 10.4. The molecule has 0 radical (unpaired) electrons. The summed E-state index contributed by atoms with van der Waals surface area (Å²) in [6, 6.07) is 2.93. The molecule has 0 bridgehead atoms. The molecule has 0 aliphatic carbocycles. The third-order valence-corrected chi connectivity index (χ3v) is 4.00. The van der Waals surface area contributed by atoms with Crippen molar-refractivity contribution < 1.29 is 13.3 Å². The average molecular weight is 323 g/mol. The summed E-state index contributed by atoms with van der Waals surface area (Å²) in [5.41, 5.74) is 7.56. The minimum absolute atomic E-state index is 0.0661. The lowest BCUT2D eigenvalue weighted by Gasteiger charge is -2.08. The normalized spacial score (nSPS) is 12.4. The number of H-pyrrole nitrogens is 1. The maximum Gasteiger partial charge on any atom is 0.188 e. The summed E-state index contributed by atoms with van der Waals surface area (Å²) >= 11 is 0. The van der Waals surface area contributed by atoms with Crippen molar-refractivity contribution >= 4 is 15.7 Å². The average Bonchev–Trinajstić information content (AvgIpc) is 2.89. The number of sulfone groups is 1. The molecule has 0 unspecified atom stereocenters. The van der Waals surface area contributed by atoms with Gasteiger partial charge >= 0.3 is 0 Å². The molecule has 2 rings (SSSR count). The van der Waals surface area contributed by atoms with Gasteiger partial charge < -0.3 is 10.6 Å². The molecule has 0 aliphatic rings. The molecule has 118 valence electrons. The number of nitrogens with one attached hydrogen (secondary N) is 1. The minimum Gasteiger partial charge on any atom is -0.394 e. The summed E-state index contributed by atoms with van der Waals surface area (Å²) < 4.78 is 23.9. The second-order valence-corrected chi connectivity index (χ2v) is 6.61. The number of amidine groups is 1. The van der Waals surface area contributed by atoms with Crippen LogP contribution in [0.15, 0.2) is 28.4 Å². The molecule has 9 heteroatoms. The number of nitrogens with two attached hydrogens (primary N) is 1. The quantitative estimate of drug-likeness (QED) is 0.477. The summed E-state index contributed by atoms with van der Waals surface area (Å²) in [4.78, 5) is 9.26. The Morgan fingerprint density at radius 1 is 1.41 bits per heavy atom. The standard InChI is InChI=1S/C13H17N5O3S/c1-4-21-18-13(14)9-5-6-10(22(3,19)20)12(16-9)11-8(2)7-15-17-11/h5-7H,4H2,1-3H3,(H2,14,18)(H,15,17). The summed E-state index contributed by atoms with van der Waals surface area (Å²) in [7, 11) is -3.46. The van der Waals surface area contributed by atoms with Crippen LogP contribution in [0.4, 0.5) is 0 Å². The molecule has 22 heavy (non-hydrogen) atoms. The van der Waals surface area contributed by atoms with E-state index in [1.54, 1.807) is 20.0 Å². The second-order valence-electron chi connectivity index (χ2n) is 4.63. The molecule has 3 N–H and O–H groups in total. The first-order chi connectivity index (χ1) is 10.3. The van der Waals surface area contributed by atoms with Crippen LogP contribution in [0.25, 0.3) is 11.4 Å². The first kappa shape index (κ1) is 16.0. The molecule has 0 amide bonds. The number of aryl methyl sites for hydroxylation is 1. The number of hydrogen-bond acceptors (Lipinski definition) is 6. The predicted molar refractivity (Wildman–Crippen MR) is 82.0 cm³/mol. The van der Waals surface area contributed by atoms with Gasteiger partial charge in [0, 0.05) is 12.5 Å². The smallest absolute Gasteiger partial charge is 0.188 e. The van der Waals surface area contributed by atoms with E-state index in [0.717, 1.165) is 11.8 Å². The van der Waals surface area contributed by atoms with Gasteiger partial charge in [-0.2, -0.15) is 5.10 Å². The van der Waals surface area contributed by atoms with Crippen LogP contribution in [0.2, 0.25) is 0 Å². The highest BCUT2D eigenvalue weighted by Gasteiger charge is 2.20. The molecule has 0 atom stereocenters. The lowest BCUT2D eigenvalue weighted by atomic mass is 10.2. The van der Waals surface area contributed by atoms with Gasteiger partial charge in [-0.15, -0.1) is 0 Å². The van der Waals surface area contributed by atoms with Gasteiger partial charge in [0.05, 0.1) is 4.90 Å². The molecule has 0 aromatic carbocycles. The highest BCUT2D eigenvalue weighted by atomic mass is 32.2. The fraction of sp³-hybridized carbons (Fsp3) is 0.308. The van der Waals surface area contributed by atoms with Gasteiger partial charge in [0.15, 0.2) is 15.7 Å². The first-order valence-corrected chi connectivity index (χ1v) is 8.41. The molecule has 2 heterocycles. The first-order valence-electron chi connectivity index (χ1n) is 6.52. The summed E-state index contributed by atoms with van der Waals surface area (Å²) in [5.74, 6) is 0.0661. The Hall–Kier alpha value is -2.42. The third kappa shape index (κ3) is 3.25. The zero-order valence-electron chi connectivity index (χ0n) is 12.5. The monoisotopic (exact) mass is 323 g/mol. The SMILES string of the molecule is CCON=C(N)c1ccc(S(C)(=O)=O)c(-c2n[nH]cc2C)n1. The lowest BCUT2D eigenvalue weighted by molar-refractivity contribution is 0.158. The van der Waals surface area contributed by atoms with E-state index in [1.165, 1.54) is 12.1 Å². The maximum atomic E-state index is 11.9. The number of aromatic amines is 1. The van der Waals surface area contributed by atoms with Gasteiger partial charge in [0.2, 0.25) is 0 Å². The zero-order valence-corrected chi connectivity index (χ0v) is 13.3. The van der Waals surface area contributed by atoms with Gasteiger partial charge in [-0.3, -0.25) is 5.10 Å². The highest BCUT2D eigenvalue weighted by Crippen LogP contribution is 2.26. The lowest BCUT2D eigenvalue weighted by Crippen LogP contribution is -2.17.